The number of aryl methyl sites for hydroxylation is 3. The monoisotopic (exact) mass is 513 g/mol. The lowest BCUT2D eigenvalue weighted by Gasteiger charge is -2.08. The summed E-state index contributed by atoms with van der Waals surface area (Å²) >= 11 is 3.09. The van der Waals surface area contributed by atoms with Gasteiger partial charge in [-0.2, -0.15) is 0 Å². The molecule has 0 aliphatic rings. The minimum Gasteiger partial charge on any atom is -0.325 e. The Bertz CT molecular complexity index is 1480. The summed E-state index contributed by atoms with van der Waals surface area (Å²) in [7, 11) is 0. The highest BCUT2D eigenvalue weighted by molar-refractivity contribution is 7.99. The number of nitrogens with zero attached hydrogens (tertiary/aromatic N) is 4. The van der Waals surface area contributed by atoms with Crippen LogP contribution in [0.5, 0.6) is 0 Å². The molecule has 0 fully saturated rings. The predicted octanol–water partition coefficient (Wildman–Crippen LogP) is 6.40. The first-order valence-electron chi connectivity index (χ1n) is 12.0. The van der Waals surface area contributed by atoms with Crippen LogP contribution >= 0.6 is 23.1 Å². The number of carbonyl (C=O) groups is 1. The largest absolute Gasteiger partial charge is 0.325 e. The number of anilines is 1. The normalized spacial score (nSPS) is 11.2. The molecule has 3 aromatic carbocycles. The molecule has 0 unspecified atom stereocenters. The molecule has 0 bridgehead atoms. The molecule has 0 radical (unpaired) electrons. The quantitative estimate of drug-likeness (QED) is 0.231. The second-order valence-electron chi connectivity index (χ2n) is 8.53. The molecule has 8 heteroatoms. The molecule has 182 valence electrons. The number of hydrogen-bond acceptors (Lipinski definition) is 6. The minimum absolute atomic E-state index is 0.0697. The number of thioether (sulfide) groups is 1. The minimum atomic E-state index is -0.0697. The van der Waals surface area contributed by atoms with Gasteiger partial charge in [0.1, 0.15) is 10.8 Å². The fraction of sp³-hybridized carbons (Fsp3) is 0.214. The van der Waals surface area contributed by atoms with Gasteiger partial charge in [0.2, 0.25) is 5.91 Å². The molecule has 2 heterocycles. The number of fused-ring (bicyclic) bond motifs is 1. The van der Waals surface area contributed by atoms with Crippen LogP contribution in [0.1, 0.15) is 23.9 Å². The number of benzene rings is 3. The van der Waals surface area contributed by atoms with Crippen LogP contribution in [-0.2, 0) is 24.2 Å². The Labute approximate surface area is 218 Å². The third-order valence-electron chi connectivity index (χ3n) is 5.88. The van der Waals surface area contributed by atoms with E-state index in [0.717, 1.165) is 52.1 Å². The lowest BCUT2D eigenvalue weighted by molar-refractivity contribution is -0.113. The molecular weight excluding hydrogens is 486 g/mol. The molecular formula is C28H27N5OS2. The van der Waals surface area contributed by atoms with Gasteiger partial charge in [-0.15, -0.1) is 21.5 Å². The van der Waals surface area contributed by atoms with Crippen molar-refractivity contribution in [2.45, 2.75) is 38.4 Å². The number of aromatic nitrogens is 4. The molecule has 0 aliphatic heterocycles. The summed E-state index contributed by atoms with van der Waals surface area (Å²) in [5.74, 6) is 1.15. The van der Waals surface area contributed by atoms with Crippen molar-refractivity contribution >= 4 is 44.9 Å². The number of hydrogen-bond donors (Lipinski definition) is 1. The molecule has 0 atom stereocenters. The average molecular weight is 514 g/mol. The topological polar surface area (TPSA) is 72.7 Å². The van der Waals surface area contributed by atoms with Gasteiger partial charge in [0.05, 0.1) is 16.0 Å². The van der Waals surface area contributed by atoms with Gasteiger partial charge in [0, 0.05) is 24.2 Å². The Morgan fingerprint density at radius 1 is 1.00 bits per heavy atom. The summed E-state index contributed by atoms with van der Waals surface area (Å²) in [6.45, 7) is 4.94. The zero-order valence-electron chi connectivity index (χ0n) is 20.3. The van der Waals surface area contributed by atoms with Crippen LogP contribution in [-0.4, -0.2) is 31.4 Å². The van der Waals surface area contributed by atoms with E-state index >= 15 is 0 Å². The maximum Gasteiger partial charge on any atom is 0.234 e. The maximum atomic E-state index is 12.6. The van der Waals surface area contributed by atoms with Crippen LogP contribution < -0.4 is 5.32 Å². The van der Waals surface area contributed by atoms with Gasteiger partial charge in [-0.05, 0) is 67.8 Å². The summed E-state index contributed by atoms with van der Waals surface area (Å²) < 4.78 is 3.28. The third-order valence-corrected chi connectivity index (χ3v) is 7.92. The Kier molecular flexibility index (Phi) is 7.44. The molecule has 0 aliphatic carbocycles. The summed E-state index contributed by atoms with van der Waals surface area (Å²) in [5.41, 5.74) is 5.33. The molecule has 2 aromatic heterocycles. The van der Waals surface area contributed by atoms with Gasteiger partial charge in [-0.3, -0.25) is 4.79 Å². The van der Waals surface area contributed by atoms with Gasteiger partial charge in [-0.25, -0.2) is 4.98 Å². The van der Waals surface area contributed by atoms with Gasteiger partial charge in [0.15, 0.2) is 5.16 Å². The van der Waals surface area contributed by atoms with E-state index in [2.05, 4.69) is 76.4 Å². The van der Waals surface area contributed by atoms with Crippen molar-refractivity contribution in [2.75, 3.05) is 11.1 Å². The van der Waals surface area contributed by atoms with E-state index in [4.69, 9.17) is 4.98 Å². The van der Waals surface area contributed by atoms with Crippen LogP contribution in [0.3, 0.4) is 0 Å². The van der Waals surface area contributed by atoms with Crippen molar-refractivity contribution in [2.24, 2.45) is 0 Å². The zero-order valence-corrected chi connectivity index (χ0v) is 21.9. The van der Waals surface area contributed by atoms with E-state index in [1.165, 1.54) is 27.6 Å². The highest BCUT2D eigenvalue weighted by Gasteiger charge is 2.14. The number of amides is 1. The molecule has 36 heavy (non-hydrogen) atoms. The van der Waals surface area contributed by atoms with Crippen LogP contribution in [0.2, 0.25) is 0 Å². The molecule has 0 saturated carbocycles. The first kappa shape index (κ1) is 24.2. The van der Waals surface area contributed by atoms with Crippen molar-refractivity contribution in [1.29, 1.82) is 0 Å². The molecule has 5 aromatic rings. The number of thiazole rings is 1. The number of nitrogens with one attached hydrogen (secondary N) is 1. The van der Waals surface area contributed by atoms with Gasteiger partial charge in [0.25, 0.3) is 0 Å². The van der Waals surface area contributed by atoms with Gasteiger partial charge in [-0.1, -0.05) is 48.2 Å². The van der Waals surface area contributed by atoms with Crippen molar-refractivity contribution in [3.63, 3.8) is 0 Å². The Hall–Kier alpha value is -3.49. The van der Waals surface area contributed by atoms with Crippen LogP contribution in [0.15, 0.2) is 78.0 Å². The summed E-state index contributed by atoms with van der Waals surface area (Å²) in [6, 6.07) is 24.5. The van der Waals surface area contributed by atoms with E-state index < -0.39 is 0 Å². The van der Waals surface area contributed by atoms with Crippen molar-refractivity contribution in [1.82, 2.24) is 19.7 Å². The van der Waals surface area contributed by atoms with Crippen molar-refractivity contribution < 1.29 is 4.79 Å². The van der Waals surface area contributed by atoms with E-state index in [1.807, 2.05) is 30.3 Å². The van der Waals surface area contributed by atoms with E-state index in [0.29, 0.717) is 0 Å². The number of carbonyl (C=O) groups excluding carboxylic acids is 1. The summed E-state index contributed by atoms with van der Waals surface area (Å²) in [5, 5.41) is 13.4. The van der Waals surface area contributed by atoms with E-state index in [-0.39, 0.29) is 11.7 Å². The Morgan fingerprint density at radius 3 is 2.58 bits per heavy atom. The average Bonchev–Trinajstić information content (AvgIpc) is 3.50. The van der Waals surface area contributed by atoms with Crippen LogP contribution in [0.4, 0.5) is 5.69 Å². The first-order chi connectivity index (χ1) is 17.6. The SMILES string of the molecule is CCn1c(CCc2ccccc2)nnc1SCC(=O)Nc1ccc(-c2nc3ccc(C)cc3s2)cc1. The van der Waals surface area contributed by atoms with Crippen LogP contribution in [0, 0.1) is 6.92 Å². The summed E-state index contributed by atoms with van der Waals surface area (Å²) in [6.07, 6.45) is 1.73. The predicted molar refractivity (Wildman–Crippen MR) is 149 cm³/mol. The van der Waals surface area contributed by atoms with E-state index in [9.17, 15) is 4.79 Å². The third kappa shape index (κ3) is 5.66. The molecule has 5 rings (SSSR count). The highest BCUT2D eigenvalue weighted by Crippen LogP contribution is 2.31. The van der Waals surface area contributed by atoms with Gasteiger partial charge >= 0.3 is 0 Å². The fourth-order valence-electron chi connectivity index (χ4n) is 4.01. The molecule has 1 N–H and O–H groups in total. The van der Waals surface area contributed by atoms with Crippen LogP contribution in [0.25, 0.3) is 20.8 Å². The smallest absolute Gasteiger partial charge is 0.234 e. The zero-order chi connectivity index (χ0) is 24.9. The van der Waals surface area contributed by atoms with Crippen molar-refractivity contribution in [3.8, 4) is 10.6 Å². The van der Waals surface area contributed by atoms with Crippen molar-refractivity contribution in [3.05, 3.63) is 89.7 Å². The molecule has 0 saturated heterocycles. The second-order valence-corrected chi connectivity index (χ2v) is 10.5. The maximum absolute atomic E-state index is 12.6. The lowest BCUT2D eigenvalue weighted by Crippen LogP contribution is -2.14. The van der Waals surface area contributed by atoms with E-state index in [1.54, 1.807) is 11.3 Å². The molecule has 0 spiro atoms. The van der Waals surface area contributed by atoms with Gasteiger partial charge < -0.3 is 9.88 Å². The molecule has 6 nitrogen and oxygen atoms in total. The second kappa shape index (κ2) is 11.1. The first-order valence-corrected chi connectivity index (χ1v) is 13.8. The fourth-order valence-corrected chi connectivity index (χ4v) is 5.90. The standard InChI is InChI=1S/C28H27N5OS2/c1-3-33-25(16-10-20-7-5-4-6-8-20)31-32-28(33)35-18-26(34)29-22-13-11-21(12-14-22)27-30-23-15-9-19(2)17-24(23)36-27/h4-9,11-15,17H,3,10,16,18H2,1-2H3,(H,29,34). The lowest BCUT2D eigenvalue weighted by atomic mass is 10.1. The summed E-state index contributed by atoms with van der Waals surface area (Å²) in [4.78, 5) is 17.3. The molecule has 1 amide bonds. The number of rotatable bonds is 9. The Morgan fingerprint density at radius 2 is 1.81 bits per heavy atom. The Balaban J connectivity index is 1.17. The highest BCUT2D eigenvalue weighted by atomic mass is 32.2.